The van der Waals surface area contributed by atoms with E-state index in [1.165, 1.54) is 12.4 Å². The lowest BCUT2D eigenvalue weighted by Gasteiger charge is -2.32. The zero-order valence-corrected chi connectivity index (χ0v) is 20.6. The first-order valence-electron chi connectivity index (χ1n) is 12.0. The molecule has 11 nitrogen and oxygen atoms in total. The van der Waals surface area contributed by atoms with Gasteiger partial charge in [0.05, 0.1) is 18.3 Å². The molecule has 1 atom stereocenters. The molecule has 0 saturated heterocycles. The van der Waals surface area contributed by atoms with Gasteiger partial charge in [-0.3, -0.25) is 19.1 Å². The fraction of sp³-hybridized carbons (Fsp3) is 0.308. The monoisotopic (exact) mass is 504 g/mol. The van der Waals surface area contributed by atoms with Gasteiger partial charge in [0, 0.05) is 31.0 Å². The quantitative estimate of drug-likeness (QED) is 0.313. The summed E-state index contributed by atoms with van der Waals surface area (Å²) in [5, 5.41) is 15.5. The van der Waals surface area contributed by atoms with Crippen molar-refractivity contribution in [2.45, 2.75) is 39.3 Å². The Morgan fingerprint density at radius 2 is 1.89 bits per heavy atom. The molecule has 37 heavy (non-hydrogen) atoms. The number of nitrogens with zero attached hydrogens (tertiary/aromatic N) is 5. The summed E-state index contributed by atoms with van der Waals surface area (Å²) < 4.78 is 6.93. The molecular formula is C26H28N6O5. The van der Waals surface area contributed by atoms with Crippen LogP contribution in [0.1, 0.15) is 53.2 Å². The fourth-order valence-corrected chi connectivity index (χ4v) is 4.30. The highest BCUT2D eigenvalue weighted by molar-refractivity contribution is 5.94. The van der Waals surface area contributed by atoms with E-state index in [1.54, 1.807) is 28.5 Å². The molecule has 2 N–H and O–H groups in total. The lowest BCUT2D eigenvalue weighted by atomic mass is 10.1. The number of benzene rings is 1. The first-order valence-corrected chi connectivity index (χ1v) is 12.0. The first kappa shape index (κ1) is 25.5. The molecule has 0 aliphatic heterocycles. The molecule has 4 rings (SSSR count). The molecular weight excluding hydrogens is 476 g/mol. The van der Waals surface area contributed by atoms with E-state index in [0.29, 0.717) is 35.3 Å². The molecule has 0 aliphatic rings. The molecule has 0 radical (unpaired) electrons. The largest absolute Gasteiger partial charge is 0.465 e. The Hall–Kier alpha value is -4.54. The van der Waals surface area contributed by atoms with Crippen LogP contribution in [0.5, 0.6) is 0 Å². The second-order valence-electron chi connectivity index (χ2n) is 8.54. The Morgan fingerprint density at radius 1 is 1.16 bits per heavy atom. The lowest BCUT2D eigenvalue weighted by Crippen LogP contribution is -2.40. The highest BCUT2D eigenvalue weighted by Gasteiger charge is 2.30. The summed E-state index contributed by atoms with van der Waals surface area (Å²) in [6.07, 6.45) is 2.75. The molecule has 3 aromatic heterocycles. The van der Waals surface area contributed by atoms with Gasteiger partial charge in [-0.25, -0.2) is 4.79 Å². The number of aromatic nitrogens is 4. The van der Waals surface area contributed by atoms with E-state index in [9.17, 15) is 14.4 Å². The number of nitrogens with one attached hydrogen (secondary N) is 1. The van der Waals surface area contributed by atoms with Crippen molar-refractivity contribution in [1.29, 1.82) is 0 Å². The van der Waals surface area contributed by atoms with Crippen LogP contribution in [0.3, 0.4) is 0 Å². The van der Waals surface area contributed by atoms with Crippen molar-refractivity contribution in [3.63, 3.8) is 0 Å². The van der Waals surface area contributed by atoms with Gasteiger partial charge >= 0.3 is 6.09 Å². The average molecular weight is 505 g/mol. The Kier molecular flexibility index (Phi) is 7.92. The summed E-state index contributed by atoms with van der Waals surface area (Å²) in [5.41, 5.74) is 1.58. The highest BCUT2D eigenvalue weighted by atomic mass is 16.5. The van der Waals surface area contributed by atoms with Crippen molar-refractivity contribution in [3.8, 4) is 0 Å². The third kappa shape index (κ3) is 5.66. The van der Waals surface area contributed by atoms with Crippen molar-refractivity contribution in [2.24, 2.45) is 0 Å². The van der Waals surface area contributed by atoms with E-state index in [-0.39, 0.29) is 36.8 Å². The molecule has 0 fully saturated rings. The van der Waals surface area contributed by atoms with Gasteiger partial charge in [-0.1, -0.05) is 42.4 Å². The lowest BCUT2D eigenvalue weighted by molar-refractivity contribution is 0.0654. The number of pyridine rings is 1. The van der Waals surface area contributed by atoms with Crippen molar-refractivity contribution in [3.05, 3.63) is 87.9 Å². The number of rotatable bonds is 10. The molecule has 192 valence electrons. The fourth-order valence-electron chi connectivity index (χ4n) is 4.30. The maximum absolute atomic E-state index is 13.7. The van der Waals surface area contributed by atoms with Crippen LogP contribution in [-0.2, 0) is 6.54 Å². The van der Waals surface area contributed by atoms with Gasteiger partial charge in [-0.05, 0) is 37.5 Å². The van der Waals surface area contributed by atoms with Crippen LogP contribution in [0.15, 0.2) is 64.2 Å². The van der Waals surface area contributed by atoms with E-state index >= 15 is 0 Å². The maximum atomic E-state index is 13.7. The number of hydrogen-bond acceptors (Lipinski definition) is 7. The van der Waals surface area contributed by atoms with E-state index in [1.807, 2.05) is 37.3 Å². The highest BCUT2D eigenvalue weighted by Crippen LogP contribution is 2.27. The predicted molar refractivity (Wildman–Crippen MR) is 135 cm³/mol. The Balaban J connectivity index is 1.82. The minimum Gasteiger partial charge on any atom is -0.465 e. The summed E-state index contributed by atoms with van der Waals surface area (Å²) in [6, 6.07) is 12.1. The Morgan fingerprint density at radius 3 is 2.57 bits per heavy atom. The number of aryl methyl sites for hydroxylation is 1. The van der Waals surface area contributed by atoms with Crippen LogP contribution in [0.2, 0.25) is 0 Å². The number of amides is 2. The minimum absolute atomic E-state index is 0.115. The summed E-state index contributed by atoms with van der Waals surface area (Å²) in [4.78, 5) is 48.6. The molecule has 0 saturated carbocycles. The van der Waals surface area contributed by atoms with Gasteiger partial charge in [-0.15, -0.1) is 0 Å². The standard InChI is InChI=1S/C26H28N6O5/c1-3-20(31(15-7-12-28-26(35)36)24(33)19-10-13-27-14-11-19)22-29-23-21(17(2)30-37-23)25(34)32(22)16-18-8-5-4-6-9-18/h4-6,8-11,13-14,20,28H,3,7,12,15-16H2,1-2H3,(H,35,36). The SMILES string of the molecule is CCC(c1nc2onc(C)c2c(=O)n1Cc1ccccc1)N(CCCNC(=O)O)C(=O)c1ccncc1. The second kappa shape index (κ2) is 11.5. The van der Waals surface area contributed by atoms with Crippen molar-refractivity contribution in [1.82, 2.24) is 29.9 Å². The van der Waals surface area contributed by atoms with Crippen LogP contribution >= 0.6 is 0 Å². The number of fused-ring (bicyclic) bond motifs is 1. The molecule has 0 spiro atoms. The number of carboxylic acid groups (broad SMARTS) is 1. The summed E-state index contributed by atoms with van der Waals surface area (Å²) in [7, 11) is 0. The van der Waals surface area contributed by atoms with Crippen molar-refractivity contribution >= 4 is 23.1 Å². The molecule has 3 heterocycles. The van der Waals surface area contributed by atoms with Crippen LogP contribution in [0, 0.1) is 6.92 Å². The van der Waals surface area contributed by atoms with Crippen LogP contribution in [-0.4, -0.2) is 54.8 Å². The molecule has 0 aliphatic carbocycles. The second-order valence-corrected chi connectivity index (χ2v) is 8.54. The Labute approximate surface area is 212 Å². The molecule has 1 unspecified atom stereocenters. The maximum Gasteiger partial charge on any atom is 0.404 e. The molecule has 2 amide bonds. The van der Waals surface area contributed by atoms with Gasteiger partial charge in [0.2, 0.25) is 0 Å². The molecule has 0 bridgehead atoms. The average Bonchev–Trinajstić information content (AvgIpc) is 3.28. The summed E-state index contributed by atoms with van der Waals surface area (Å²) in [5.74, 6) is 0.0903. The van der Waals surface area contributed by atoms with Crippen LogP contribution in [0.25, 0.3) is 11.1 Å². The van der Waals surface area contributed by atoms with Gasteiger partial charge < -0.3 is 19.8 Å². The van der Waals surface area contributed by atoms with Gasteiger partial charge in [0.15, 0.2) is 0 Å². The number of carbonyl (C=O) groups excluding carboxylic acids is 1. The zero-order valence-electron chi connectivity index (χ0n) is 20.6. The smallest absolute Gasteiger partial charge is 0.404 e. The van der Waals surface area contributed by atoms with E-state index in [0.717, 1.165) is 5.56 Å². The normalized spacial score (nSPS) is 11.8. The minimum atomic E-state index is -1.14. The number of carbonyl (C=O) groups is 2. The van der Waals surface area contributed by atoms with E-state index in [4.69, 9.17) is 14.6 Å². The Bertz CT molecular complexity index is 1430. The van der Waals surface area contributed by atoms with Crippen molar-refractivity contribution in [2.75, 3.05) is 13.1 Å². The summed E-state index contributed by atoms with van der Waals surface area (Å²) in [6.45, 7) is 4.23. The van der Waals surface area contributed by atoms with Gasteiger partial charge in [0.25, 0.3) is 17.2 Å². The van der Waals surface area contributed by atoms with Crippen molar-refractivity contribution < 1.29 is 19.2 Å². The van der Waals surface area contributed by atoms with Gasteiger partial charge in [0.1, 0.15) is 11.2 Å². The topological polar surface area (TPSA) is 143 Å². The van der Waals surface area contributed by atoms with E-state index in [2.05, 4.69) is 15.5 Å². The molecule has 1 aromatic carbocycles. The third-order valence-electron chi connectivity index (χ3n) is 6.08. The first-order chi connectivity index (χ1) is 17.9. The van der Waals surface area contributed by atoms with E-state index < -0.39 is 12.1 Å². The molecule has 4 aromatic rings. The van der Waals surface area contributed by atoms with Crippen LogP contribution in [0.4, 0.5) is 4.79 Å². The van der Waals surface area contributed by atoms with Crippen LogP contribution < -0.4 is 10.9 Å². The summed E-state index contributed by atoms with van der Waals surface area (Å²) >= 11 is 0. The van der Waals surface area contributed by atoms with Gasteiger partial charge in [-0.2, -0.15) is 4.98 Å². The predicted octanol–water partition coefficient (Wildman–Crippen LogP) is 3.39. The third-order valence-corrected chi connectivity index (χ3v) is 6.08. The molecule has 11 heteroatoms. The zero-order chi connectivity index (χ0) is 26.4. The number of hydrogen-bond donors (Lipinski definition) is 2.